The molecule has 1 amide bonds. The Morgan fingerprint density at radius 2 is 1.95 bits per heavy atom. The van der Waals surface area contributed by atoms with E-state index in [4.69, 9.17) is 5.73 Å². The maximum absolute atomic E-state index is 12.7. The number of anilines is 1. The van der Waals surface area contributed by atoms with Crippen LogP contribution in [0.25, 0.3) is 0 Å². The van der Waals surface area contributed by atoms with Crippen molar-refractivity contribution < 1.29 is 4.79 Å². The van der Waals surface area contributed by atoms with Gasteiger partial charge in [0.1, 0.15) is 0 Å². The Morgan fingerprint density at radius 3 is 2.48 bits per heavy atom. The Labute approximate surface area is 128 Å². The molecule has 2 atom stereocenters. The monoisotopic (exact) mass is 288 g/mol. The first-order valence-corrected chi connectivity index (χ1v) is 8.21. The summed E-state index contributed by atoms with van der Waals surface area (Å²) >= 11 is 0. The van der Waals surface area contributed by atoms with Crippen molar-refractivity contribution in [2.24, 2.45) is 11.7 Å². The average molecular weight is 288 g/mol. The first-order chi connectivity index (χ1) is 10.00. The molecule has 1 aromatic carbocycles. The van der Waals surface area contributed by atoms with E-state index in [1.807, 2.05) is 0 Å². The molecule has 2 rings (SSSR count). The lowest BCUT2D eigenvalue weighted by molar-refractivity contribution is -0.122. The van der Waals surface area contributed by atoms with Crippen molar-refractivity contribution >= 4 is 11.6 Å². The van der Waals surface area contributed by atoms with Crippen molar-refractivity contribution in [3.05, 3.63) is 29.3 Å². The van der Waals surface area contributed by atoms with Gasteiger partial charge in [-0.2, -0.15) is 0 Å². The van der Waals surface area contributed by atoms with Crippen molar-refractivity contribution in [3.63, 3.8) is 0 Å². The molecule has 0 aliphatic heterocycles. The van der Waals surface area contributed by atoms with E-state index in [1.54, 1.807) is 0 Å². The minimum atomic E-state index is -0.705. The highest BCUT2D eigenvalue weighted by atomic mass is 16.2. The van der Waals surface area contributed by atoms with E-state index in [0.717, 1.165) is 37.8 Å². The highest BCUT2D eigenvalue weighted by Gasteiger charge is 2.38. The zero-order valence-electron chi connectivity index (χ0n) is 13.5. The third-order valence-electron chi connectivity index (χ3n) is 4.72. The summed E-state index contributed by atoms with van der Waals surface area (Å²) < 4.78 is 0. The lowest BCUT2D eigenvalue weighted by Crippen LogP contribution is -2.53. The summed E-state index contributed by atoms with van der Waals surface area (Å²) in [5.41, 5.74) is 9.07. The van der Waals surface area contributed by atoms with Gasteiger partial charge in [-0.3, -0.25) is 4.79 Å². The van der Waals surface area contributed by atoms with Crippen LogP contribution in [0.1, 0.15) is 57.6 Å². The number of benzene rings is 1. The zero-order chi connectivity index (χ0) is 15.5. The molecule has 116 valence electrons. The normalized spacial score (nSPS) is 25.6. The second-order valence-electron chi connectivity index (χ2n) is 6.47. The molecule has 3 nitrogen and oxygen atoms in total. The van der Waals surface area contributed by atoms with Crippen LogP contribution in [0, 0.1) is 5.92 Å². The number of aryl methyl sites for hydroxylation is 2. The van der Waals surface area contributed by atoms with E-state index in [1.165, 1.54) is 17.5 Å². The molecule has 0 bridgehead atoms. The van der Waals surface area contributed by atoms with E-state index in [9.17, 15) is 4.79 Å². The van der Waals surface area contributed by atoms with Gasteiger partial charge in [0.25, 0.3) is 0 Å². The van der Waals surface area contributed by atoms with Gasteiger partial charge in [-0.1, -0.05) is 51.8 Å². The largest absolute Gasteiger partial charge is 0.324 e. The Hall–Kier alpha value is -1.35. The Bertz CT molecular complexity index is 490. The maximum Gasteiger partial charge on any atom is 0.244 e. The molecular weight excluding hydrogens is 260 g/mol. The summed E-state index contributed by atoms with van der Waals surface area (Å²) in [6, 6.07) is 6.23. The molecule has 1 aliphatic rings. The van der Waals surface area contributed by atoms with Gasteiger partial charge in [-0.05, 0) is 42.7 Å². The number of para-hydroxylation sites is 1. The highest BCUT2D eigenvalue weighted by Crippen LogP contribution is 2.32. The fraction of sp³-hybridized carbons (Fsp3) is 0.611. The molecule has 0 spiro atoms. The van der Waals surface area contributed by atoms with Crippen LogP contribution < -0.4 is 11.1 Å². The van der Waals surface area contributed by atoms with Crippen molar-refractivity contribution in [1.82, 2.24) is 0 Å². The van der Waals surface area contributed by atoms with Gasteiger partial charge in [0, 0.05) is 5.69 Å². The second kappa shape index (κ2) is 6.61. The standard InChI is InChI=1S/C18H28N2O/c1-4-14-9-6-10-15(5-2)16(14)20-17(21)18(19)11-7-8-13(3)12-18/h6,9-10,13H,4-5,7-8,11-12,19H2,1-3H3,(H,20,21). The summed E-state index contributed by atoms with van der Waals surface area (Å²) in [5.74, 6) is 0.520. The smallest absolute Gasteiger partial charge is 0.244 e. The summed E-state index contributed by atoms with van der Waals surface area (Å²) in [4.78, 5) is 12.7. The molecule has 3 N–H and O–H groups in total. The number of nitrogens with two attached hydrogens (primary N) is 1. The van der Waals surface area contributed by atoms with Crippen LogP contribution >= 0.6 is 0 Å². The first-order valence-electron chi connectivity index (χ1n) is 8.21. The van der Waals surface area contributed by atoms with Gasteiger partial charge in [-0.25, -0.2) is 0 Å². The van der Waals surface area contributed by atoms with Crippen molar-refractivity contribution in [1.29, 1.82) is 0 Å². The zero-order valence-corrected chi connectivity index (χ0v) is 13.5. The number of carbonyl (C=O) groups is 1. The predicted octanol–water partition coefficient (Wildman–Crippen LogP) is 3.66. The molecule has 3 heteroatoms. The van der Waals surface area contributed by atoms with Gasteiger partial charge < -0.3 is 11.1 Å². The topological polar surface area (TPSA) is 55.1 Å². The minimum absolute atomic E-state index is 0.00958. The Kier molecular flexibility index (Phi) is 5.04. The number of rotatable bonds is 4. The molecule has 0 radical (unpaired) electrons. The third-order valence-corrected chi connectivity index (χ3v) is 4.72. The summed E-state index contributed by atoms with van der Waals surface area (Å²) in [6.07, 6.45) is 5.63. The number of carbonyl (C=O) groups excluding carboxylic acids is 1. The summed E-state index contributed by atoms with van der Waals surface area (Å²) in [7, 11) is 0. The van der Waals surface area contributed by atoms with Crippen LogP contribution in [0.15, 0.2) is 18.2 Å². The predicted molar refractivity (Wildman–Crippen MR) is 88.4 cm³/mol. The number of hydrogen-bond acceptors (Lipinski definition) is 2. The van der Waals surface area contributed by atoms with Gasteiger partial charge in [0.15, 0.2) is 0 Å². The van der Waals surface area contributed by atoms with Crippen LogP contribution in [0.5, 0.6) is 0 Å². The molecule has 1 saturated carbocycles. The molecule has 2 unspecified atom stereocenters. The highest BCUT2D eigenvalue weighted by molar-refractivity contribution is 5.99. The van der Waals surface area contributed by atoms with Gasteiger partial charge in [0.05, 0.1) is 5.54 Å². The SMILES string of the molecule is CCc1cccc(CC)c1NC(=O)C1(N)CCCC(C)C1. The maximum atomic E-state index is 12.7. The van der Waals surface area contributed by atoms with Crippen molar-refractivity contribution in [2.75, 3.05) is 5.32 Å². The van der Waals surface area contributed by atoms with Crippen LogP contribution in [0.2, 0.25) is 0 Å². The number of hydrogen-bond donors (Lipinski definition) is 2. The fourth-order valence-electron chi connectivity index (χ4n) is 3.44. The number of nitrogens with one attached hydrogen (secondary N) is 1. The summed E-state index contributed by atoms with van der Waals surface area (Å²) in [5, 5.41) is 3.15. The van der Waals surface area contributed by atoms with Crippen molar-refractivity contribution in [2.45, 2.75) is 64.8 Å². The van der Waals surface area contributed by atoms with Crippen LogP contribution in [0.4, 0.5) is 5.69 Å². The lowest BCUT2D eigenvalue weighted by atomic mass is 9.76. The quantitative estimate of drug-likeness (QED) is 0.888. The minimum Gasteiger partial charge on any atom is -0.324 e. The Morgan fingerprint density at radius 1 is 1.33 bits per heavy atom. The molecule has 0 saturated heterocycles. The van der Waals surface area contributed by atoms with Crippen LogP contribution in [-0.2, 0) is 17.6 Å². The van der Waals surface area contributed by atoms with Gasteiger partial charge >= 0.3 is 0 Å². The second-order valence-corrected chi connectivity index (χ2v) is 6.47. The van der Waals surface area contributed by atoms with Crippen LogP contribution in [-0.4, -0.2) is 11.4 Å². The molecule has 21 heavy (non-hydrogen) atoms. The Balaban J connectivity index is 2.23. The molecule has 1 aliphatic carbocycles. The van der Waals surface area contributed by atoms with E-state index < -0.39 is 5.54 Å². The van der Waals surface area contributed by atoms with E-state index in [0.29, 0.717) is 5.92 Å². The third kappa shape index (κ3) is 3.46. The first kappa shape index (κ1) is 16.0. The molecule has 0 heterocycles. The fourth-order valence-corrected chi connectivity index (χ4v) is 3.44. The van der Waals surface area contributed by atoms with E-state index >= 15 is 0 Å². The van der Waals surface area contributed by atoms with Gasteiger partial charge in [-0.15, -0.1) is 0 Å². The van der Waals surface area contributed by atoms with Gasteiger partial charge in [0.2, 0.25) is 5.91 Å². The molecule has 1 aromatic rings. The lowest BCUT2D eigenvalue weighted by Gasteiger charge is -2.35. The van der Waals surface area contributed by atoms with Crippen molar-refractivity contribution in [3.8, 4) is 0 Å². The molecule has 0 aromatic heterocycles. The molecular formula is C18H28N2O. The van der Waals surface area contributed by atoms with E-state index in [2.05, 4.69) is 44.3 Å². The molecule has 1 fully saturated rings. The van der Waals surface area contributed by atoms with Crippen LogP contribution in [0.3, 0.4) is 0 Å². The number of amides is 1. The average Bonchev–Trinajstić information content (AvgIpc) is 2.47. The van der Waals surface area contributed by atoms with E-state index in [-0.39, 0.29) is 5.91 Å². The summed E-state index contributed by atoms with van der Waals surface area (Å²) in [6.45, 7) is 6.42.